The van der Waals surface area contributed by atoms with Gasteiger partial charge in [0.1, 0.15) is 0 Å². The summed E-state index contributed by atoms with van der Waals surface area (Å²) in [7, 11) is 4.17. The van der Waals surface area contributed by atoms with Gasteiger partial charge in [0.2, 0.25) is 0 Å². The number of benzene rings is 3. The molecule has 2 nitrogen and oxygen atoms in total. The maximum Gasteiger partial charge on any atom is 0.0446 e. The van der Waals surface area contributed by atoms with Gasteiger partial charge in [-0.05, 0) is 53.8 Å². The third-order valence-corrected chi connectivity index (χ3v) is 5.25. The number of hydrogen-bond acceptors (Lipinski definition) is 2. The molecule has 1 aliphatic rings. The Labute approximate surface area is 156 Å². The van der Waals surface area contributed by atoms with Gasteiger partial charge >= 0.3 is 0 Å². The summed E-state index contributed by atoms with van der Waals surface area (Å²) in [6, 6.07) is 26.5. The molecule has 1 saturated heterocycles. The third-order valence-electron chi connectivity index (χ3n) is 5.25. The van der Waals surface area contributed by atoms with Gasteiger partial charge in [0.05, 0.1) is 0 Å². The van der Waals surface area contributed by atoms with E-state index in [1.54, 1.807) is 0 Å². The number of anilines is 2. The third kappa shape index (κ3) is 3.32. The Morgan fingerprint density at radius 2 is 1.35 bits per heavy atom. The monoisotopic (exact) mass is 342 g/mol. The van der Waals surface area contributed by atoms with E-state index in [2.05, 4.69) is 96.7 Å². The van der Waals surface area contributed by atoms with Crippen molar-refractivity contribution in [3.63, 3.8) is 0 Å². The lowest BCUT2D eigenvalue weighted by molar-refractivity contribution is 0.949. The molecule has 0 radical (unpaired) electrons. The summed E-state index contributed by atoms with van der Waals surface area (Å²) >= 11 is 0. The summed E-state index contributed by atoms with van der Waals surface area (Å²) in [6.07, 6.45) is 2.58. The molecule has 4 rings (SSSR count). The van der Waals surface area contributed by atoms with Gasteiger partial charge in [-0.15, -0.1) is 0 Å². The smallest absolute Gasteiger partial charge is 0.0446 e. The second-order valence-corrected chi connectivity index (χ2v) is 7.23. The highest BCUT2D eigenvalue weighted by Crippen LogP contribution is 2.37. The molecule has 0 bridgehead atoms. The molecular weight excluding hydrogens is 316 g/mol. The maximum atomic E-state index is 2.53. The van der Waals surface area contributed by atoms with Crippen LogP contribution in [0.15, 0.2) is 72.8 Å². The average Bonchev–Trinajstić information content (AvgIpc) is 3.23. The van der Waals surface area contributed by atoms with E-state index in [4.69, 9.17) is 0 Å². The normalized spacial score (nSPS) is 13.8. The minimum atomic E-state index is 1.16. The Kier molecular flexibility index (Phi) is 4.66. The Bertz CT molecular complexity index is 860. The zero-order valence-electron chi connectivity index (χ0n) is 15.7. The minimum absolute atomic E-state index is 1.16. The Hall–Kier alpha value is -2.74. The molecule has 1 heterocycles. The first-order valence-electron chi connectivity index (χ1n) is 9.44. The van der Waals surface area contributed by atoms with Crippen molar-refractivity contribution in [1.82, 2.24) is 0 Å². The molecule has 0 saturated carbocycles. The number of rotatable bonds is 4. The van der Waals surface area contributed by atoms with Crippen molar-refractivity contribution in [3.8, 4) is 22.3 Å². The van der Waals surface area contributed by atoms with Gasteiger partial charge < -0.3 is 9.80 Å². The lowest BCUT2D eigenvalue weighted by atomic mass is 9.96. The van der Waals surface area contributed by atoms with E-state index < -0.39 is 0 Å². The molecule has 0 unspecified atom stereocenters. The SMILES string of the molecule is CN(C)c1ccc(-c2cc(-c3ccccc3)ccc2N2CCCC2)cc1. The van der Waals surface area contributed by atoms with Crippen LogP contribution < -0.4 is 9.80 Å². The number of nitrogens with zero attached hydrogens (tertiary/aromatic N) is 2. The standard InChI is InChI=1S/C24H26N2/c1-25(2)22-13-10-20(11-14-22)23-18-21(19-8-4-3-5-9-19)12-15-24(23)26-16-6-7-17-26/h3-5,8-15,18H,6-7,16-17H2,1-2H3. The second-order valence-electron chi connectivity index (χ2n) is 7.23. The zero-order valence-corrected chi connectivity index (χ0v) is 15.7. The van der Waals surface area contributed by atoms with E-state index in [9.17, 15) is 0 Å². The molecule has 0 spiro atoms. The van der Waals surface area contributed by atoms with Crippen molar-refractivity contribution in [2.75, 3.05) is 37.0 Å². The second kappa shape index (κ2) is 7.25. The predicted octanol–water partition coefficient (Wildman–Crippen LogP) is 5.69. The summed E-state index contributed by atoms with van der Waals surface area (Å²) in [4.78, 5) is 4.68. The molecule has 132 valence electrons. The van der Waals surface area contributed by atoms with Crippen molar-refractivity contribution in [1.29, 1.82) is 0 Å². The summed E-state index contributed by atoms with van der Waals surface area (Å²) in [6.45, 7) is 2.32. The lowest BCUT2D eigenvalue weighted by Crippen LogP contribution is -2.18. The van der Waals surface area contributed by atoms with Crippen LogP contribution in [0, 0.1) is 0 Å². The summed E-state index contributed by atoms with van der Waals surface area (Å²) in [5.41, 5.74) is 7.76. The van der Waals surface area contributed by atoms with Crippen molar-refractivity contribution in [2.24, 2.45) is 0 Å². The fourth-order valence-electron chi connectivity index (χ4n) is 3.75. The van der Waals surface area contributed by atoms with Crippen molar-refractivity contribution >= 4 is 11.4 Å². The molecule has 0 N–H and O–H groups in total. The molecule has 26 heavy (non-hydrogen) atoms. The molecule has 1 aliphatic heterocycles. The van der Waals surface area contributed by atoms with Gasteiger partial charge in [-0.25, -0.2) is 0 Å². The van der Waals surface area contributed by atoms with Crippen LogP contribution in [0.5, 0.6) is 0 Å². The molecule has 1 fully saturated rings. The van der Waals surface area contributed by atoms with Crippen LogP contribution in [0.25, 0.3) is 22.3 Å². The van der Waals surface area contributed by atoms with Crippen LogP contribution in [0.3, 0.4) is 0 Å². The molecule has 3 aromatic carbocycles. The zero-order chi connectivity index (χ0) is 17.9. The van der Waals surface area contributed by atoms with Gasteiger partial charge in [0, 0.05) is 44.1 Å². The van der Waals surface area contributed by atoms with Gasteiger partial charge in [-0.2, -0.15) is 0 Å². The highest BCUT2D eigenvalue weighted by Gasteiger charge is 2.17. The topological polar surface area (TPSA) is 6.48 Å². The Morgan fingerprint density at radius 3 is 2.00 bits per heavy atom. The van der Waals surface area contributed by atoms with Crippen molar-refractivity contribution < 1.29 is 0 Å². The first-order chi connectivity index (χ1) is 12.7. The van der Waals surface area contributed by atoms with E-state index >= 15 is 0 Å². The summed E-state index contributed by atoms with van der Waals surface area (Å²) < 4.78 is 0. The van der Waals surface area contributed by atoms with Crippen LogP contribution in [-0.4, -0.2) is 27.2 Å². The Morgan fingerprint density at radius 1 is 0.692 bits per heavy atom. The maximum absolute atomic E-state index is 2.53. The highest BCUT2D eigenvalue weighted by atomic mass is 15.1. The van der Waals surface area contributed by atoms with Gasteiger partial charge in [0.15, 0.2) is 0 Å². The molecule has 0 aliphatic carbocycles. The minimum Gasteiger partial charge on any atom is -0.378 e. The van der Waals surface area contributed by atoms with Crippen LogP contribution in [-0.2, 0) is 0 Å². The lowest BCUT2D eigenvalue weighted by Gasteiger charge is -2.23. The van der Waals surface area contributed by atoms with Crippen LogP contribution >= 0.6 is 0 Å². The fourth-order valence-corrected chi connectivity index (χ4v) is 3.75. The quantitative estimate of drug-likeness (QED) is 0.601. The molecule has 0 amide bonds. The van der Waals surface area contributed by atoms with Gasteiger partial charge in [-0.1, -0.05) is 48.5 Å². The molecule has 2 heteroatoms. The number of hydrogen-bond donors (Lipinski definition) is 0. The molecular formula is C24H26N2. The van der Waals surface area contributed by atoms with Gasteiger partial charge in [-0.3, -0.25) is 0 Å². The molecule has 0 atom stereocenters. The van der Waals surface area contributed by atoms with E-state index in [0.29, 0.717) is 0 Å². The average molecular weight is 342 g/mol. The van der Waals surface area contributed by atoms with Crippen LogP contribution in [0.1, 0.15) is 12.8 Å². The van der Waals surface area contributed by atoms with Crippen LogP contribution in [0.4, 0.5) is 11.4 Å². The van der Waals surface area contributed by atoms with E-state index in [0.717, 1.165) is 13.1 Å². The van der Waals surface area contributed by atoms with E-state index in [1.807, 2.05) is 0 Å². The molecule has 0 aromatic heterocycles. The summed E-state index contributed by atoms with van der Waals surface area (Å²) in [5, 5.41) is 0. The largest absolute Gasteiger partial charge is 0.378 e. The molecule has 3 aromatic rings. The van der Waals surface area contributed by atoms with Crippen molar-refractivity contribution in [3.05, 3.63) is 72.8 Å². The first kappa shape index (κ1) is 16.7. The predicted molar refractivity (Wildman–Crippen MR) is 113 cm³/mol. The van der Waals surface area contributed by atoms with Crippen molar-refractivity contribution in [2.45, 2.75) is 12.8 Å². The van der Waals surface area contributed by atoms with E-state index in [-0.39, 0.29) is 0 Å². The van der Waals surface area contributed by atoms with Gasteiger partial charge in [0.25, 0.3) is 0 Å². The van der Waals surface area contributed by atoms with Crippen LogP contribution in [0.2, 0.25) is 0 Å². The highest BCUT2D eigenvalue weighted by molar-refractivity contribution is 5.84. The van der Waals surface area contributed by atoms with E-state index in [1.165, 1.54) is 46.5 Å². The summed E-state index contributed by atoms with van der Waals surface area (Å²) in [5.74, 6) is 0. The fraction of sp³-hybridized carbons (Fsp3) is 0.250. The first-order valence-corrected chi connectivity index (χ1v) is 9.44. The Balaban J connectivity index is 1.80.